The van der Waals surface area contributed by atoms with E-state index in [4.69, 9.17) is 4.74 Å². The highest BCUT2D eigenvalue weighted by Gasteiger charge is 2.16. The molecule has 0 radical (unpaired) electrons. The average Bonchev–Trinajstić information content (AvgIpc) is 2.91. The van der Waals surface area contributed by atoms with Gasteiger partial charge in [0.1, 0.15) is 5.75 Å². The monoisotopic (exact) mass is 378 g/mol. The number of rotatable bonds is 6. The Morgan fingerprint density at radius 1 is 1.20 bits per heavy atom. The second kappa shape index (κ2) is 9.05. The number of ether oxygens (including phenoxy) is 1. The Labute approximate surface area is 156 Å². The van der Waals surface area contributed by atoms with Crippen LogP contribution < -0.4 is 10.1 Å². The van der Waals surface area contributed by atoms with Gasteiger partial charge in [-0.2, -0.15) is 0 Å². The molecule has 8 heteroatoms. The van der Waals surface area contributed by atoms with Gasteiger partial charge in [0, 0.05) is 18.8 Å². The number of benzene rings is 1. The molecule has 0 aliphatic carbocycles. The molecule has 0 saturated carbocycles. The van der Waals surface area contributed by atoms with Gasteiger partial charge in [0.25, 0.3) is 0 Å². The Morgan fingerprint density at radius 3 is 2.60 bits per heavy atom. The van der Waals surface area contributed by atoms with Gasteiger partial charge in [0.15, 0.2) is 4.34 Å². The molecule has 3 rings (SSSR count). The van der Waals surface area contributed by atoms with Crippen molar-refractivity contribution in [3.05, 3.63) is 24.3 Å². The molecule has 0 unspecified atom stereocenters. The van der Waals surface area contributed by atoms with Crippen LogP contribution in [0.15, 0.2) is 28.6 Å². The third-order valence-corrected chi connectivity index (χ3v) is 5.98. The zero-order valence-corrected chi connectivity index (χ0v) is 15.9. The van der Waals surface area contributed by atoms with Crippen LogP contribution in [0, 0.1) is 0 Å². The quantitative estimate of drug-likeness (QED) is 0.772. The first-order chi connectivity index (χ1) is 12.2. The molecule has 1 amide bonds. The first-order valence-electron chi connectivity index (χ1n) is 8.40. The zero-order valence-electron chi connectivity index (χ0n) is 14.2. The van der Waals surface area contributed by atoms with Crippen LogP contribution in [0.5, 0.6) is 5.75 Å². The first-order valence-corrected chi connectivity index (χ1v) is 10.2. The van der Waals surface area contributed by atoms with E-state index in [1.54, 1.807) is 7.11 Å². The van der Waals surface area contributed by atoms with Crippen molar-refractivity contribution < 1.29 is 9.53 Å². The largest absolute Gasteiger partial charge is 0.497 e. The fraction of sp³-hybridized carbons (Fsp3) is 0.471. The molecule has 1 aromatic carbocycles. The van der Waals surface area contributed by atoms with E-state index < -0.39 is 0 Å². The van der Waals surface area contributed by atoms with Crippen molar-refractivity contribution in [2.75, 3.05) is 31.3 Å². The minimum Gasteiger partial charge on any atom is -0.497 e. The Balaban J connectivity index is 1.50. The van der Waals surface area contributed by atoms with E-state index in [-0.39, 0.29) is 5.91 Å². The Kier molecular flexibility index (Phi) is 6.52. The predicted octanol–water partition coefficient (Wildman–Crippen LogP) is 3.79. The van der Waals surface area contributed by atoms with E-state index in [0.717, 1.165) is 46.8 Å². The second-order valence-corrected chi connectivity index (χ2v) is 8.01. The number of anilines is 2. The van der Waals surface area contributed by atoms with Gasteiger partial charge in [-0.15, -0.1) is 10.2 Å². The molecular weight excluding hydrogens is 356 g/mol. The van der Waals surface area contributed by atoms with Gasteiger partial charge in [-0.05, 0) is 37.1 Å². The molecule has 2 heterocycles. The summed E-state index contributed by atoms with van der Waals surface area (Å²) in [5, 5.41) is 12.2. The summed E-state index contributed by atoms with van der Waals surface area (Å²) in [5.41, 5.74) is 0.925. The van der Waals surface area contributed by atoms with Crippen LogP contribution in [-0.4, -0.2) is 47.0 Å². The molecule has 1 aliphatic heterocycles. The Morgan fingerprint density at radius 2 is 1.92 bits per heavy atom. The van der Waals surface area contributed by atoms with Crippen molar-refractivity contribution in [3.8, 4) is 5.75 Å². The molecule has 134 valence electrons. The highest BCUT2D eigenvalue weighted by atomic mass is 32.2. The van der Waals surface area contributed by atoms with Crippen molar-refractivity contribution in [2.45, 2.75) is 30.0 Å². The number of amides is 1. The lowest BCUT2D eigenvalue weighted by atomic mass is 10.2. The lowest BCUT2D eigenvalue weighted by Gasteiger charge is -2.19. The third-order valence-electron chi connectivity index (χ3n) is 4.03. The van der Waals surface area contributed by atoms with Crippen LogP contribution >= 0.6 is 23.1 Å². The van der Waals surface area contributed by atoms with Gasteiger partial charge in [-0.25, -0.2) is 0 Å². The van der Waals surface area contributed by atoms with Crippen LogP contribution in [-0.2, 0) is 4.79 Å². The zero-order chi connectivity index (χ0) is 17.5. The summed E-state index contributed by atoms with van der Waals surface area (Å²) in [6, 6.07) is 7.63. The van der Waals surface area contributed by atoms with E-state index >= 15 is 0 Å². The van der Waals surface area contributed by atoms with Gasteiger partial charge in [-0.3, -0.25) is 4.79 Å². The topological polar surface area (TPSA) is 67.3 Å². The van der Waals surface area contributed by atoms with Gasteiger partial charge in [0.2, 0.25) is 11.0 Å². The summed E-state index contributed by atoms with van der Waals surface area (Å²) in [5.74, 6) is 1.44. The molecule has 0 bridgehead atoms. The Bertz CT molecular complexity index is 682. The van der Waals surface area contributed by atoms with Crippen molar-refractivity contribution in [3.63, 3.8) is 0 Å². The molecule has 6 nitrogen and oxygen atoms in total. The minimum absolute atomic E-state index is 0.201. The summed E-state index contributed by atoms with van der Waals surface area (Å²) in [4.78, 5) is 14.3. The number of hydrogen-bond donors (Lipinski definition) is 1. The number of carbonyl (C=O) groups is 1. The maximum atomic E-state index is 12.3. The lowest BCUT2D eigenvalue weighted by molar-refractivity contribution is -0.128. The number of methoxy groups -OCH3 is 1. The molecule has 1 saturated heterocycles. The maximum Gasteiger partial charge on any atom is 0.233 e. The number of likely N-dealkylation sites (tertiary alicyclic amines) is 1. The van der Waals surface area contributed by atoms with Gasteiger partial charge < -0.3 is 15.0 Å². The standard InChI is InChI=1S/C17H22N4O2S2/c1-23-14-8-6-13(7-9-14)18-16-19-20-17(25-16)24-12-15(22)21-10-4-2-3-5-11-21/h6-9H,2-5,10-12H2,1H3,(H,18,19). The lowest BCUT2D eigenvalue weighted by Crippen LogP contribution is -2.33. The van der Waals surface area contributed by atoms with Crippen LogP contribution in [0.1, 0.15) is 25.7 Å². The van der Waals surface area contributed by atoms with Crippen molar-refractivity contribution >= 4 is 39.8 Å². The van der Waals surface area contributed by atoms with E-state index in [9.17, 15) is 4.79 Å². The first kappa shape index (κ1) is 18.0. The van der Waals surface area contributed by atoms with E-state index in [1.807, 2.05) is 29.2 Å². The average molecular weight is 379 g/mol. The van der Waals surface area contributed by atoms with Crippen LogP contribution in [0.4, 0.5) is 10.8 Å². The number of carbonyl (C=O) groups excluding carboxylic acids is 1. The number of thioether (sulfide) groups is 1. The van der Waals surface area contributed by atoms with Crippen molar-refractivity contribution in [1.29, 1.82) is 0 Å². The molecule has 1 fully saturated rings. The Hall–Kier alpha value is -1.80. The van der Waals surface area contributed by atoms with E-state index in [1.165, 1.54) is 35.9 Å². The van der Waals surface area contributed by atoms with E-state index in [0.29, 0.717) is 5.75 Å². The summed E-state index contributed by atoms with van der Waals surface area (Å²) in [6.45, 7) is 1.78. The van der Waals surface area contributed by atoms with Gasteiger partial charge in [-0.1, -0.05) is 35.9 Å². The molecule has 0 atom stereocenters. The van der Waals surface area contributed by atoms with Crippen molar-refractivity contribution in [2.24, 2.45) is 0 Å². The molecule has 1 aromatic heterocycles. The summed E-state index contributed by atoms with van der Waals surface area (Å²) < 4.78 is 5.95. The molecule has 2 aromatic rings. The van der Waals surface area contributed by atoms with Gasteiger partial charge >= 0.3 is 0 Å². The summed E-state index contributed by atoms with van der Waals surface area (Å²) in [7, 11) is 1.64. The van der Waals surface area contributed by atoms with Crippen molar-refractivity contribution in [1.82, 2.24) is 15.1 Å². The fourth-order valence-electron chi connectivity index (χ4n) is 2.65. The second-order valence-electron chi connectivity index (χ2n) is 5.81. The SMILES string of the molecule is COc1ccc(Nc2nnc(SCC(=O)N3CCCCCC3)s2)cc1. The number of aromatic nitrogens is 2. The minimum atomic E-state index is 0.201. The molecule has 0 spiro atoms. The third kappa shape index (κ3) is 5.34. The number of nitrogens with one attached hydrogen (secondary N) is 1. The maximum absolute atomic E-state index is 12.3. The number of nitrogens with zero attached hydrogens (tertiary/aromatic N) is 3. The normalized spacial score (nSPS) is 14.8. The fourth-order valence-corrected chi connectivity index (χ4v) is 4.33. The molecule has 1 N–H and O–H groups in total. The summed E-state index contributed by atoms with van der Waals surface area (Å²) in [6.07, 6.45) is 4.69. The van der Waals surface area contributed by atoms with Gasteiger partial charge in [0.05, 0.1) is 12.9 Å². The molecule has 25 heavy (non-hydrogen) atoms. The van der Waals surface area contributed by atoms with Crippen LogP contribution in [0.3, 0.4) is 0 Å². The predicted molar refractivity (Wildman–Crippen MR) is 102 cm³/mol. The van der Waals surface area contributed by atoms with Crippen LogP contribution in [0.2, 0.25) is 0 Å². The number of hydrogen-bond acceptors (Lipinski definition) is 7. The smallest absolute Gasteiger partial charge is 0.233 e. The molecular formula is C17H22N4O2S2. The highest BCUT2D eigenvalue weighted by Crippen LogP contribution is 2.28. The van der Waals surface area contributed by atoms with Crippen LogP contribution in [0.25, 0.3) is 0 Å². The highest BCUT2D eigenvalue weighted by molar-refractivity contribution is 8.01. The summed E-state index contributed by atoms with van der Waals surface area (Å²) >= 11 is 2.92. The van der Waals surface area contributed by atoms with E-state index in [2.05, 4.69) is 15.5 Å². The molecule has 1 aliphatic rings.